The van der Waals surface area contributed by atoms with E-state index in [1.165, 1.54) is 13.2 Å². The standard InChI is InChI=1S/C27H26FN3O3/c1-30-7-9-31(10-8-30)27(33)17-3-5-20-19(11-17)14-22-21(20)12-18(13-23(22)26(29)32)16-4-6-24(28)25(15-16)34-2/h3-6,11-13,15H,7-10,14H2,1-2H3,(H2,29,32). The summed E-state index contributed by atoms with van der Waals surface area (Å²) in [4.78, 5) is 29.5. The van der Waals surface area contributed by atoms with Crippen molar-refractivity contribution in [2.75, 3.05) is 40.3 Å². The number of ether oxygens (including phenoxy) is 1. The van der Waals surface area contributed by atoms with Gasteiger partial charge in [-0.15, -0.1) is 0 Å². The van der Waals surface area contributed by atoms with Crippen LogP contribution in [0.5, 0.6) is 5.75 Å². The number of methoxy groups -OCH3 is 1. The van der Waals surface area contributed by atoms with Crippen LogP contribution in [0.25, 0.3) is 22.3 Å². The molecule has 3 aromatic rings. The van der Waals surface area contributed by atoms with E-state index in [-0.39, 0.29) is 11.7 Å². The van der Waals surface area contributed by atoms with E-state index in [1.54, 1.807) is 18.2 Å². The average Bonchev–Trinajstić information content (AvgIpc) is 3.21. The summed E-state index contributed by atoms with van der Waals surface area (Å²) in [6.07, 6.45) is 0.528. The van der Waals surface area contributed by atoms with Crippen molar-refractivity contribution in [3.05, 3.63) is 76.6 Å². The lowest BCUT2D eigenvalue weighted by molar-refractivity contribution is 0.0664. The Hall–Kier alpha value is -3.71. The van der Waals surface area contributed by atoms with Crippen molar-refractivity contribution < 1.29 is 18.7 Å². The Bertz CT molecular complexity index is 1310. The van der Waals surface area contributed by atoms with Crippen molar-refractivity contribution >= 4 is 11.8 Å². The summed E-state index contributed by atoms with van der Waals surface area (Å²) in [7, 11) is 3.47. The maximum atomic E-state index is 13.9. The summed E-state index contributed by atoms with van der Waals surface area (Å²) >= 11 is 0. The molecule has 174 valence electrons. The molecule has 3 aromatic carbocycles. The molecule has 0 atom stereocenters. The molecule has 0 aromatic heterocycles. The number of nitrogens with two attached hydrogens (primary N) is 1. The molecule has 2 N–H and O–H groups in total. The number of rotatable bonds is 4. The molecule has 7 heteroatoms. The van der Waals surface area contributed by atoms with Gasteiger partial charge < -0.3 is 20.3 Å². The van der Waals surface area contributed by atoms with Gasteiger partial charge in [0.15, 0.2) is 11.6 Å². The molecule has 1 heterocycles. The zero-order valence-electron chi connectivity index (χ0n) is 19.2. The van der Waals surface area contributed by atoms with Crippen molar-refractivity contribution in [3.8, 4) is 28.0 Å². The van der Waals surface area contributed by atoms with E-state index in [0.29, 0.717) is 30.6 Å². The number of likely N-dealkylation sites (N-methyl/N-ethyl adjacent to an activating group) is 1. The molecular formula is C27H26FN3O3. The predicted molar refractivity (Wildman–Crippen MR) is 129 cm³/mol. The molecule has 5 rings (SSSR count). The molecule has 2 aliphatic rings. The summed E-state index contributed by atoms with van der Waals surface area (Å²) in [6, 6.07) is 14.1. The lowest BCUT2D eigenvalue weighted by Crippen LogP contribution is -2.47. The van der Waals surface area contributed by atoms with E-state index in [0.717, 1.165) is 46.5 Å². The summed E-state index contributed by atoms with van der Waals surface area (Å²) in [5, 5.41) is 0. The van der Waals surface area contributed by atoms with Crippen molar-refractivity contribution in [1.29, 1.82) is 0 Å². The zero-order valence-corrected chi connectivity index (χ0v) is 19.2. The first-order valence-corrected chi connectivity index (χ1v) is 11.3. The number of halogens is 1. The van der Waals surface area contributed by atoms with Gasteiger partial charge in [0.2, 0.25) is 5.91 Å². The second-order valence-electron chi connectivity index (χ2n) is 8.91. The van der Waals surface area contributed by atoms with Gasteiger partial charge in [-0.1, -0.05) is 12.1 Å². The molecule has 0 radical (unpaired) electrons. The predicted octanol–water partition coefficient (Wildman–Crippen LogP) is 3.56. The largest absolute Gasteiger partial charge is 0.494 e. The van der Waals surface area contributed by atoms with Gasteiger partial charge >= 0.3 is 0 Å². The summed E-state index contributed by atoms with van der Waals surface area (Å²) in [5.74, 6) is -0.814. The van der Waals surface area contributed by atoms with E-state index in [1.807, 2.05) is 29.2 Å². The maximum Gasteiger partial charge on any atom is 0.253 e. The van der Waals surface area contributed by atoms with Gasteiger partial charge in [0.1, 0.15) is 0 Å². The fourth-order valence-electron chi connectivity index (χ4n) is 4.85. The minimum Gasteiger partial charge on any atom is -0.494 e. The van der Waals surface area contributed by atoms with Crippen LogP contribution >= 0.6 is 0 Å². The average molecular weight is 460 g/mol. The third-order valence-corrected chi connectivity index (χ3v) is 6.80. The van der Waals surface area contributed by atoms with Crippen LogP contribution in [0.2, 0.25) is 0 Å². The van der Waals surface area contributed by atoms with Crippen LogP contribution in [0.3, 0.4) is 0 Å². The second-order valence-corrected chi connectivity index (χ2v) is 8.91. The molecule has 6 nitrogen and oxygen atoms in total. The van der Waals surface area contributed by atoms with Gasteiger partial charge in [-0.05, 0) is 83.2 Å². The van der Waals surface area contributed by atoms with E-state index < -0.39 is 11.7 Å². The number of piperazine rings is 1. The normalized spacial score (nSPS) is 15.1. The molecule has 1 aliphatic heterocycles. The molecule has 0 spiro atoms. The van der Waals surface area contributed by atoms with Gasteiger partial charge in [-0.3, -0.25) is 9.59 Å². The lowest BCUT2D eigenvalue weighted by Gasteiger charge is -2.32. The monoisotopic (exact) mass is 459 g/mol. The van der Waals surface area contributed by atoms with E-state index in [2.05, 4.69) is 11.9 Å². The van der Waals surface area contributed by atoms with Crippen LogP contribution in [-0.2, 0) is 6.42 Å². The highest BCUT2D eigenvalue weighted by Crippen LogP contribution is 2.42. The molecule has 0 saturated carbocycles. The third-order valence-electron chi connectivity index (χ3n) is 6.80. The Morgan fingerprint density at radius 2 is 1.71 bits per heavy atom. The smallest absolute Gasteiger partial charge is 0.253 e. The van der Waals surface area contributed by atoms with Crippen LogP contribution < -0.4 is 10.5 Å². The van der Waals surface area contributed by atoms with Crippen LogP contribution in [0.1, 0.15) is 31.8 Å². The Balaban J connectivity index is 1.54. The zero-order chi connectivity index (χ0) is 24.0. The van der Waals surface area contributed by atoms with Crippen molar-refractivity contribution in [2.45, 2.75) is 6.42 Å². The number of primary amides is 1. The van der Waals surface area contributed by atoms with Crippen LogP contribution in [0, 0.1) is 5.82 Å². The molecule has 0 unspecified atom stereocenters. The Kier molecular flexibility index (Phi) is 5.57. The van der Waals surface area contributed by atoms with Crippen molar-refractivity contribution in [3.63, 3.8) is 0 Å². The Morgan fingerprint density at radius 3 is 2.41 bits per heavy atom. The Labute approximate surface area is 197 Å². The summed E-state index contributed by atoms with van der Waals surface area (Å²) in [6.45, 7) is 3.15. The summed E-state index contributed by atoms with van der Waals surface area (Å²) < 4.78 is 19.1. The van der Waals surface area contributed by atoms with Crippen LogP contribution in [0.15, 0.2) is 48.5 Å². The first kappa shape index (κ1) is 22.1. The van der Waals surface area contributed by atoms with Gasteiger partial charge in [0.05, 0.1) is 7.11 Å². The molecule has 0 bridgehead atoms. The van der Waals surface area contributed by atoms with Gasteiger partial charge in [0.25, 0.3) is 5.91 Å². The van der Waals surface area contributed by atoms with Crippen LogP contribution in [-0.4, -0.2) is 62.0 Å². The number of hydrogen-bond acceptors (Lipinski definition) is 4. The number of fused-ring (bicyclic) bond motifs is 3. The number of carbonyl (C=O) groups excluding carboxylic acids is 2. The maximum absolute atomic E-state index is 13.9. The number of carbonyl (C=O) groups is 2. The van der Waals surface area contributed by atoms with E-state index >= 15 is 0 Å². The highest BCUT2D eigenvalue weighted by atomic mass is 19.1. The molecule has 34 heavy (non-hydrogen) atoms. The summed E-state index contributed by atoms with van der Waals surface area (Å²) in [5.41, 5.74) is 12.0. The minimum absolute atomic E-state index is 0.0288. The van der Waals surface area contributed by atoms with E-state index in [9.17, 15) is 14.0 Å². The molecule has 1 fully saturated rings. The number of amides is 2. The lowest BCUT2D eigenvalue weighted by atomic mass is 9.94. The molecule has 1 aliphatic carbocycles. The fourth-order valence-corrected chi connectivity index (χ4v) is 4.85. The van der Waals surface area contributed by atoms with Crippen molar-refractivity contribution in [1.82, 2.24) is 9.80 Å². The van der Waals surface area contributed by atoms with Crippen LogP contribution in [0.4, 0.5) is 4.39 Å². The second kappa shape index (κ2) is 8.57. The first-order valence-electron chi connectivity index (χ1n) is 11.3. The molecule has 1 saturated heterocycles. The quantitative estimate of drug-likeness (QED) is 0.506. The van der Waals surface area contributed by atoms with Gasteiger partial charge in [-0.25, -0.2) is 4.39 Å². The SMILES string of the molecule is COc1cc(-c2cc(C(N)=O)c3c(c2)-c2ccc(C(=O)N4CCN(C)CC4)cc2C3)ccc1F. The topological polar surface area (TPSA) is 75.9 Å². The number of hydrogen-bond donors (Lipinski definition) is 1. The fraction of sp³-hybridized carbons (Fsp3) is 0.259. The number of benzene rings is 3. The van der Waals surface area contributed by atoms with Gasteiger partial charge in [-0.2, -0.15) is 0 Å². The minimum atomic E-state index is -0.520. The number of nitrogens with zero attached hydrogens (tertiary/aromatic N) is 2. The third kappa shape index (κ3) is 3.82. The molecule has 2 amide bonds. The Morgan fingerprint density at radius 1 is 0.941 bits per heavy atom. The highest BCUT2D eigenvalue weighted by Gasteiger charge is 2.27. The van der Waals surface area contributed by atoms with E-state index in [4.69, 9.17) is 10.5 Å². The highest BCUT2D eigenvalue weighted by molar-refractivity contribution is 6.01. The van der Waals surface area contributed by atoms with Crippen molar-refractivity contribution in [2.24, 2.45) is 5.73 Å². The van der Waals surface area contributed by atoms with Gasteiger partial charge in [0, 0.05) is 37.3 Å². The first-order chi connectivity index (χ1) is 16.4. The molecular weight excluding hydrogens is 433 g/mol.